The van der Waals surface area contributed by atoms with E-state index in [4.69, 9.17) is 0 Å². The molecule has 1 aliphatic carbocycles. The van der Waals surface area contributed by atoms with Crippen LogP contribution in [-0.2, 0) is 4.79 Å². The third-order valence-electron chi connectivity index (χ3n) is 3.92. The molecule has 94 valence electrons. The molecule has 3 unspecified atom stereocenters. The van der Waals surface area contributed by atoms with Crippen LogP contribution in [0.15, 0.2) is 24.3 Å². The zero-order valence-electron chi connectivity index (χ0n) is 10.7. The molecule has 3 heteroatoms. The quantitative estimate of drug-likeness (QED) is 0.764. The second-order valence-electron chi connectivity index (χ2n) is 5.31. The van der Waals surface area contributed by atoms with Gasteiger partial charge in [-0.15, -0.1) is 0 Å². The Balaban J connectivity index is 1.97. The van der Waals surface area contributed by atoms with Crippen LogP contribution in [0, 0.1) is 5.92 Å². The predicted octanol–water partition coefficient (Wildman–Crippen LogP) is 1.77. The van der Waals surface area contributed by atoms with Gasteiger partial charge in [0.05, 0.1) is 11.6 Å². The van der Waals surface area contributed by atoms with Crippen LogP contribution >= 0.6 is 0 Å². The van der Waals surface area contributed by atoms with Crippen LogP contribution in [0.5, 0.6) is 0 Å². The Kier molecular flexibility index (Phi) is 3.67. The summed E-state index contributed by atoms with van der Waals surface area (Å²) in [5, 5.41) is 6.46. The molecule has 3 atom stereocenters. The molecule has 0 aromatic heterocycles. The Morgan fingerprint density at radius 2 is 2.24 bits per heavy atom. The van der Waals surface area contributed by atoms with E-state index in [1.165, 1.54) is 6.42 Å². The molecule has 1 saturated heterocycles. The first-order valence-corrected chi connectivity index (χ1v) is 6.53. The van der Waals surface area contributed by atoms with E-state index in [2.05, 4.69) is 36.6 Å². The topological polar surface area (TPSA) is 41.1 Å². The van der Waals surface area contributed by atoms with E-state index in [0.717, 1.165) is 19.4 Å². The second kappa shape index (κ2) is 5.05. The molecule has 2 rings (SSSR count). The molecule has 1 fully saturated rings. The number of carbonyl (C=O) groups excluding carboxylic acids is 1. The van der Waals surface area contributed by atoms with Crippen LogP contribution in [0.4, 0.5) is 0 Å². The Bertz CT molecular complexity index is 342. The van der Waals surface area contributed by atoms with Crippen molar-refractivity contribution in [2.24, 2.45) is 5.92 Å². The van der Waals surface area contributed by atoms with Crippen molar-refractivity contribution in [1.29, 1.82) is 0 Å². The monoisotopic (exact) mass is 234 g/mol. The number of hydrogen-bond donors (Lipinski definition) is 2. The van der Waals surface area contributed by atoms with E-state index in [1.807, 2.05) is 12.2 Å². The Morgan fingerprint density at radius 1 is 1.41 bits per heavy atom. The summed E-state index contributed by atoms with van der Waals surface area (Å²) < 4.78 is 0. The number of amides is 1. The van der Waals surface area contributed by atoms with Gasteiger partial charge in [0.2, 0.25) is 5.91 Å². The Hall–Kier alpha value is -1.09. The minimum absolute atomic E-state index is 0.00733. The smallest absolute Gasteiger partial charge is 0.237 e. The average molecular weight is 234 g/mol. The minimum Gasteiger partial charge on any atom is -0.346 e. The summed E-state index contributed by atoms with van der Waals surface area (Å²) in [6.45, 7) is 5.17. The maximum atomic E-state index is 12.2. The van der Waals surface area contributed by atoms with Crippen molar-refractivity contribution in [2.75, 3.05) is 6.54 Å². The fraction of sp³-hybridized carbons (Fsp3) is 0.643. The number of hydrogen-bond acceptors (Lipinski definition) is 2. The molecule has 1 heterocycles. The first kappa shape index (κ1) is 12.4. The zero-order chi connectivity index (χ0) is 12.3. The van der Waals surface area contributed by atoms with Gasteiger partial charge in [-0.2, -0.15) is 0 Å². The lowest BCUT2D eigenvalue weighted by Crippen LogP contribution is -2.56. The van der Waals surface area contributed by atoms with E-state index >= 15 is 0 Å². The summed E-state index contributed by atoms with van der Waals surface area (Å²) in [4.78, 5) is 12.2. The lowest BCUT2D eigenvalue weighted by atomic mass is 9.83. The highest BCUT2D eigenvalue weighted by Crippen LogP contribution is 2.24. The molecule has 1 aliphatic heterocycles. The van der Waals surface area contributed by atoms with Crippen molar-refractivity contribution in [1.82, 2.24) is 10.6 Å². The Morgan fingerprint density at radius 3 is 2.88 bits per heavy atom. The molecule has 0 spiro atoms. The predicted molar refractivity (Wildman–Crippen MR) is 69.6 cm³/mol. The highest BCUT2D eigenvalue weighted by atomic mass is 16.2. The first-order chi connectivity index (χ1) is 8.12. The third kappa shape index (κ3) is 2.78. The minimum atomic E-state index is -0.245. The summed E-state index contributed by atoms with van der Waals surface area (Å²) in [5.74, 6) is 0.471. The number of nitrogens with one attached hydrogen (secondary N) is 2. The van der Waals surface area contributed by atoms with Crippen LogP contribution in [0.3, 0.4) is 0 Å². The van der Waals surface area contributed by atoms with Crippen molar-refractivity contribution >= 4 is 5.91 Å². The first-order valence-electron chi connectivity index (χ1n) is 6.53. The molecule has 1 amide bonds. The van der Waals surface area contributed by atoms with Crippen molar-refractivity contribution in [3.63, 3.8) is 0 Å². The van der Waals surface area contributed by atoms with Gasteiger partial charge in [-0.05, 0) is 26.3 Å². The van der Waals surface area contributed by atoms with Crippen LogP contribution in [-0.4, -0.2) is 24.0 Å². The van der Waals surface area contributed by atoms with Gasteiger partial charge in [-0.25, -0.2) is 0 Å². The summed E-state index contributed by atoms with van der Waals surface area (Å²) in [7, 11) is 0. The van der Waals surface area contributed by atoms with Gasteiger partial charge in [0.15, 0.2) is 0 Å². The zero-order valence-corrected chi connectivity index (χ0v) is 10.7. The maximum Gasteiger partial charge on any atom is 0.237 e. The van der Waals surface area contributed by atoms with Crippen LogP contribution < -0.4 is 10.6 Å². The number of piperidine rings is 1. The van der Waals surface area contributed by atoms with Crippen LogP contribution in [0.2, 0.25) is 0 Å². The van der Waals surface area contributed by atoms with Crippen LogP contribution in [0.1, 0.15) is 33.1 Å². The molecule has 2 N–H and O–H groups in total. The summed E-state index contributed by atoms with van der Waals surface area (Å²) >= 11 is 0. The fourth-order valence-electron chi connectivity index (χ4n) is 2.42. The van der Waals surface area contributed by atoms with Gasteiger partial charge in [0.25, 0.3) is 0 Å². The molecule has 0 bridgehead atoms. The number of carbonyl (C=O) groups is 1. The van der Waals surface area contributed by atoms with Gasteiger partial charge >= 0.3 is 0 Å². The molecule has 0 radical (unpaired) electrons. The van der Waals surface area contributed by atoms with Gasteiger partial charge in [0, 0.05) is 5.92 Å². The van der Waals surface area contributed by atoms with Crippen molar-refractivity contribution in [2.45, 2.75) is 44.7 Å². The number of rotatable bonds is 2. The molecule has 17 heavy (non-hydrogen) atoms. The summed E-state index contributed by atoms with van der Waals surface area (Å²) in [6, 6.07) is -0.00733. The van der Waals surface area contributed by atoms with Crippen molar-refractivity contribution in [3.8, 4) is 0 Å². The van der Waals surface area contributed by atoms with E-state index < -0.39 is 0 Å². The third-order valence-corrected chi connectivity index (χ3v) is 3.92. The van der Waals surface area contributed by atoms with Crippen LogP contribution in [0.25, 0.3) is 0 Å². The van der Waals surface area contributed by atoms with Gasteiger partial charge < -0.3 is 10.6 Å². The molecule has 3 nitrogen and oxygen atoms in total. The highest BCUT2D eigenvalue weighted by Gasteiger charge is 2.32. The highest BCUT2D eigenvalue weighted by molar-refractivity contribution is 5.83. The second-order valence-corrected chi connectivity index (χ2v) is 5.31. The van der Waals surface area contributed by atoms with Crippen molar-refractivity contribution in [3.05, 3.63) is 24.3 Å². The van der Waals surface area contributed by atoms with E-state index in [-0.39, 0.29) is 17.5 Å². The summed E-state index contributed by atoms with van der Waals surface area (Å²) in [6.07, 6.45) is 11.5. The standard InChI is InChI=1S/C14H22N2O/c1-11-7-3-5-9-14(11,2)16-13(17)12-8-4-6-10-15-12/h3,5,7,9,11-12,15H,4,6,8,10H2,1-2H3,(H,16,17). The largest absolute Gasteiger partial charge is 0.346 e. The number of allylic oxidation sites excluding steroid dienone is 2. The lowest BCUT2D eigenvalue weighted by Gasteiger charge is -2.36. The van der Waals surface area contributed by atoms with Gasteiger partial charge in [-0.3, -0.25) is 4.79 Å². The van der Waals surface area contributed by atoms with Gasteiger partial charge in [-0.1, -0.05) is 37.6 Å². The fourth-order valence-corrected chi connectivity index (χ4v) is 2.42. The summed E-state index contributed by atoms with van der Waals surface area (Å²) in [5.41, 5.74) is -0.245. The molecule has 2 aliphatic rings. The molecular weight excluding hydrogens is 212 g/mol. The van der Waals surface area contributed by atoms with E-state index in [1.54, 1.807) is 0 Å². The normalized spacial score (nSPS) is 36.8. The van der Waals surface area contributed by atoms with E-state index in [0.29, 0.717) is 5.92 Å². The SMILES string of the molecule is CC1C=CC=CC1(C)NC(=O)C1CCCCN1. The lowest BCUT2D eigenvalue weighted by molar-refractivity contribution is -0.125. The average Bonchev–Trinajstić information content (AvgIpc) is 2.34. The van der Waals surface area contributed by atoms with E-state index in [9.17, 15) is 4.79 Å². The molecule has 0 aromatic carbocycles. The molecule has 0 aromatic rings. The maximum absolute atomic E-state index is 12.2. The molecule has 0 saturated carbocycles. The van der Waals surface area contributed by atoms with Gasteiger partial charge in [0.1, 0.15) is 0 Å². The van der Waals surface area contributed by atoms with Crippen molar-refractivity contribution < 1.29 is 4.79 Å². The molecular formula is C14H22N2O. The Labute approximate surface area is 103 Å².